The molecule has 18 heavy (non-hydrogen) atoms. The van der Waals surface area contributed by atoms with Crippen molar-refractivity contribution in [2.24, 2.45) is 0 Å². The van der Waals surface area contributed by atoms with E-state index in [1.165, 1.54) is 11.3 Å². The van der Waals surface area contributed by atoms with Crippen LogP contribution in [0.1, 0.15) is 16.9 Å². The molecule has 5 nitrogen and oxygen atoms in total. The molecule has 0 aliphatic carbocycles. The second kappa shape index (κ2) is 5.66. The summed E-state index contributed by atoms with van der Waals surface area (Å²) in [5.74, 6) is 0. The molecule has 102 valence electrons. The van der Waals surface area contributed by atoms with Gasteiger partial charge in [0.15, 0.2) is 0 Å². The van der Waals surface area contributed by atoms with E-state index in [1.807, 2.05) is 19.4 Å². The third-order valence-electron chi connectivity index (χ3n) is 2.85. The molecule has 1 fully saturated rings. The van der Waals surface area contributed by atoms with Crippen LogP contribution in [0.3, 0.4) is 0 Å². The Balaban J connectivity index is 2.25. The monoisotopic (exact) mass is 290 g/mol. The van der Waals surface area contributed by atoms with Crippen LogP contribution < -0.4 is 10.0 Å². The molecular formula is C11H18N2O3S2. The lowest BCUT2D eigenvalue weighted by Gasteiger charge is -2.13. The summed E-state index contributed by atoms with van der Waals surface area (Å²) in [6.07, 6.45) is 0.740. The zero-order valence-electron chi connectivity index (χ0n) is 10.5. The highest BCUT2D eigenvalue weighted by atomic mass is 32.2. The van der Waals surface area contributed by atoms with Gasteiger partial charge in [-0.2, -0.15) is 0 Å². The molecule has 1 aliphatic heterocycles. The number of ether oxygens (including phenoxy) is 1. The van der Waals surface area contributed by atoms with E-state index in [0.717, 1.165) is 16.9 Å². The van der Waals surface area contributed by atoms with E-state index in [2.05, 4.69) is 10.0 Å². The lowest BCUT2D eigenvalue weighted by atomic mass is 10.3. The topological polar surface area (TPSA) is 67.4 Å². The molecule has 0 bridgehead atoms. The van der Waals surface area contributed by atoms with Gasteiger partial charge in [0.25, 0.3) is 0 Å². The minimum absolute atomic E-state index is 0.100. The third-order valence-corrected chi connectivity index (χ3v) is 5.83. The fraction of sp³-hybridized carbons (Fsp3) is 0.636. The predicted octanol–water partition coefficient (Wildman–Crippen LogP) is 0.843. The van der Waals surface area contributed by atoms with E-state index in [9.17, 15) is 8.42 Å². The quantitative estimate of drug-likeness (QED) is 0.843. The summed E-state index contributed by atoms with van der Waals surface area (Å²) in [7, 11) is -1.63. The summed E-state index contributed by atoms with van der Waals surface area (Å²) in [5.41, 5.74) is 0.802. The van der Waals surface area contributed by atoms with Crippen molar-refractivity contribution in [2.45, 2.75) is 30.8 Å². The van der Waals surface area contributed by atoms with Crippen molar-refractivity contribution in [1.82, 2.24) is 10.0 Å². The van der Waals surface area contributed by atoms with Gasteiger partial charge in [0.1, 0.15) is 4.90 Å². The number of rotatable bonds is 5. The van der Waals surface area contributed by atoms with Crippen molar-refractivity contribution in [1.29, 1.82) is 0 Å². The third kappa shape index (κ3) is 2.92. The van der Waals surface area contributed by atoms with Gasteiger partial charge >= 0.3 is 0 Å². The summed E-state index contributed by atoms with van der Waals surface area (Å²) in [6.45, 7) is 3.48. The molecule has 2 heterocycles. The number of thiophene rings is 1. The Morgan fingerprint density at radius 3 is 2.94 bits per heavy atom. The Morgan fingerprint density at radius 1 is 1.56 bits per heavy atom. The number of nitrogens with one attached hydrogen (secondary N) is 2. The zero-order valence-corrected chi connectivity index (χ0v) is 12.2. The standard InChI is InChI=1S/C11H18N2O3S2/c1-8-7-17-10(5-12-2)11(8)18(14,15)13-9-3-4-16-6-9/h7,9,12-13H,3-6H2,1-2H3. The van der Waals surface area contributed by atoms with Gasteiger partial charge in [-0.05, 0) is 31.3 Å². The van der Waals surface area contributed by atoms with E-state index in [-0.39, 0.29) is 6.04 Å². The van der Waals surface area contributed by atoms with Gasteiger partial charge in [0.05, 0.1) is 6.61 Å². The average Bonchev–Trinajstić information content (AvgIpc) is 2.89. The molecule has 1 unspecified atom stereocenters. The van der Waals surface area contributed by atoms with Crippen LogP contribution in [-0.4, -0.2) is 34.7 Å². The summed E-state index contributed by atoms with van der Waals surface area (Å²) >= 11 is 1.47. The number of hydrogen-bond donors (Lipinski definition) is 2. The summed E-state index contributed by atoms with van der Waals surface area (Å²) in [4.78, 5) is 1.27. The molecule has 1 aromatic rings. The number of aryl methyl sites for hydroxylation is 1. The van der Waals surface area contributed by atoms with Gasteiger partial charge in [-0.15, -0.1) is 11.3 Å². The second-order valence-corrected chi connectivity index (χ2v) is 7.00. The van der Waals surface area contributed by atoms with Gasteiger partial charge in [-0.1, -0.05) is 0 Å². The maximum Gasteiger partial charge on any atom is 0.242 e. The molecule has 2 rings (SSSR count). The van der Waals surface area contributed by atoms with Crippen molar-refractivity contribution >= 4 is 21.4 Å². The Morgan fingerprint density at radius 2 is 2.33 bits per heavy atom. The zero-order chi connectivity index (χ0) is 13.2. The lowest BCUT2D eigenvalue weighted by molar-refractivity contribution is 0.192. The SMILES string of the molecule is CNCc1scc(C)c1S(=O)(=O)NC1CCOC1. The van der Waals surface area contributed by atoms with E-state index >= 15 is 0 Å². The maximum absolute atomic E-state index is 12.4. The lowest BCUT2D eigenvalue weighted by Crippen LogP contribution is -2.35. The number of hydrogen-bond acceptors (Lipinski definition) is 5. The van der Waals surface area contributed by atoms with Crippen LogP contribution in [-0.2, 0) is 21.3 Å². The van der Waals surface area contributed by atoms with Gasteiger partial charge in [-0.3, -0.25) is 0 Å². The van der Waals surface area contributed by atoms with Crippen molar-refractivity contribution < 1.29 is 13.2 Å². The van der Waals surface area contributed by atoms with Gasteiger partial charge in [-0.25, -0.2) is 13.1 Å². The largest absolute Gasteiger partial charge is 0.380 e. The first-order valence-electron chi connectivity index (χ1n) is 5.86. The summed E-state index contributed by atoms with van der Waals surface area (Å²) in [5, 5.41) is 4.88. The van der Waals surface area contributed by atoms with Gasteiger partial charge < -0.3 is 10.1 Å². The van der Waals surface area contributed by atoms with Crippen LogP contribution >= 0.6 is 11.3 Å². The highest BCUT2D eigenvalue weighted by Gasteiger charge is 2.27. The molecule has 1 aromatic heterocycles. The molecule has 0 amide bonds. The second-order valence-electron chi connectivity index (χ2n) is 4.38. The minimum Gasteiger partial charge on any atom is -0.380 e. The summed E-state index contributed by atoms with van der Waals surface area (Å²) in [6, 6.07) is -0.100. The van der Waals surface area contributed by atoms with Crippen molar-refractivity contribution in [3.63, 3.8) is 0 Å². The van der Waals surface area contributed by atoms with Crippen molar-refractivity contribution in [2.75, 3.05) is 20.3 Å². The molecule has 2 N–H and O–H groups in total. The van der Waals surface area contributed by atoms with E-state index in [0.29, 0.717) is 24.7 Å². The highest BCUT2D eigenvalue weighted by molar-refractivity contribution is 7.89. The molecule has 1 saturated heterocycles. The van der Waals surface area contributed by atoms with Crippen LogP contribution in [0.2, 0.25) is 0 Å². The Kier molecular flexibility index (Phi) is 4.39. The van der Waals surface area contributed by atoms with Crippen LogP contribution in [0.25, 0.3) is 0 Å². The van der Waals surface area contributed by atoms with Gasteiger partial charge in [0, 0.05) is 24.1 Å². The molecule has 1 atom stereocenters. The number of sulfonamides is 1. The molecular weight excluding hydrogens is 272 g/mol. The van der Waals surface area contributed by atoms with E-state index < -0.39 is 10.0 Å². The van der Waals surface area contributed by atoms with Crippen molar-refractivity contribution in [3.05, 3.63) is 15.8 Å². The predicted molar refractivity (Wildman–Crippen MR) is 71.4 cm³/mol. The molecule has 0 radical (unpaired) electrons. The van der Waals surface area contributed by atoms with Gasteiger partial charge in [0.2, 0.25) is 10.0 Å². The Labute approximate surface area is 112 Å². The van der Waals surface area contributed by atoms with Crippen LogP contribution in [0.5, 0.6) is 0 Å². The molecule has 0 aromatic carbocycles. The smallest absolute Gasteiger partial charge is 0.242 e. The minimum atomic E-state index is -3.44. The Bertz CT molecular complexity index is 504. The van der Waals surface area contributed by atoms with E-state index in [4.69, 9.17) is 4.74 Å². The van der Waals surface area contributed by atoms with Crippen LogP contribution in [0, 0.1) is 6.92 Å². The highest BCUT2D eigenvalue weighted by Crippen LogP contribution is 2.27. The van der Waals surface area contributed by atoms with Crippen molar-refractivity contribution in [3.8, 4) is 0 Å². The Hall–Kier alpha value is -0.470. The normalized spacial score (nSPS) is 20.4. The first-order valence-corrected chi connectivity index (χ1v) is 8.22. The average molecular weight is 290 g/mol. The maximum atomic E-state index is 12.4. The molecule has 1 aliphatic rings. The fourth-order valence-electron chi connectivity index (χ4n) is 2.04. The molecule has 0 spiro atoms. The first kappa shape index (κ1) is 14.0. The molecule has 0 saturated carbocycles. The first-order chi connectivity index (χ1) is 8.54. The van der Waals surface area contributed by atoms with E-state index in [1.54, 1.807) is 0 Å². The summed E-state index contributed by atoms with van der Waals surface area (Å²) < 4.78 is 32.7. The molecule has 7 heteroatoms. The van der Waals surface area contributed by atoms with Crippen LogP contribution in [0.15, 0.2) is 10.3 Å². The van der Waals surface area contributed by atoms with Crippen LogP contribution in [0.4, 0.5) is 0 Å². The fourth-order valence-corrected chi connectivity index (χ4v) is 5.11.